The summed E-state index contributed by atoms with van der Waals surface area (Å²) in [6.07, 6.45) is 5.59. The predicted molar refractivity (Wildman–Crippen MR) is 62.1 cm³/mol. The Morgan fingerprint density at radius 3 is 2.80 bits per heavy atom. The van der Waals surface area contributed by atoms with Crippen molar-refractivity contribution in [2.75, 3.05) is 26.7 Å². The van der Waals surface area contributed by atoms with E-state index in [1.165, 1.54) is 32.2 Å². The molecule has 2 saturated heterocycles. The van der Waals surface area contributed by atoms with Crippen LogP contribution in [0.25, 0.3) is 0 Å². The lowest BCUT2D eigenvalue weighted by Crippen LogP contribution is -2.39. The molecule has 3 heteroatoms. The normalized spacial score (nSPS) is 38.4. The molecule has 0 aliphatic carbocycles. The lowest BCUT2D eigenvalue weighted by molar-refractivity contribution is 0.00737. The molecule has 2 aliphatic heterocycles. The summed E-state index contributed by atoms with van der Waals surface area (Å²) in [5.41, 5.74) is 0. The van der Waals surface area contributed by atoms with Gasteiger partial charge in [0.15, 0.2) is 0 Å². The third-order valence-corrected chi connectivity index (χ3v) is 3.96. The van der Waals surface area contributed by atoms with Gasteiger partial charge in [0.1, 0.15) is 0 Å². The molecule has 0 radical (unpaired) electrons. The van der Waals surface area contributed by atoms with E-state index in [4.69, 9.17) is 4.74 Å². The molecule has 0 spiro atoms. The van der Waals surface area contributed by atoms with Crippen LogP contribution in [0.5, 0.6) is 0 Å². The molecule has 0 aromatic carbocycles. The van der Waals surface area contributed by atoms with Crippen molar-refractivity contribution in [1.82, 2.24) is 10.2 Å². The Morgan fingerprint density at radius 2 is 2.20 bits per heavy atom. The molecule has 2 fully saturated rings. The average Bonchev–Trinajstić information content (AvgIpc) is 2.59. The van der Waals surface area contributed by atoms with Gasteiger partial charge in [-0.3, -0.25) is 4.90 Å². The van der Waals surface area contributed by atoms with Crippen LogP contribution in [0.2, 0.25) is 0 Å². The Hall–Kier alpha value is -0.120. The van der Waals surface area contributed by atoms with E-state index >= 15 is 0 Å². The maximum absolute atomic E-state index is 5.98. The molecule has 0 saturated carbocycles. The van der Waals surface area contributed by atoms with Crippen LogP contribution >= 0.6 is 0 Å². The molecule has 3 nitrogen and oxygen atoms in total. The van der Waals surface area contributed by atoms with Gasteiger partial charge in [0.25, 0.3) is 0 Å². The summed E-state index contributed by atoms with van der Waals surface area (Å²) >= 11 is 0. The molecular weight excluding hydrogens is 188 g/mol. The van der Waals surface area contributed by atoms with Gasteiger partial charge >= 0.3 is 0 Å². The number of hydrogen-bond acceptors (Lipinski definition) is 3. The number of hydrogen-bond donors (Lipinski definition) is 1. The first-order chi connectivity index (χ1) is 7.27. The van der Waals surface area contributed by atoms with Gasteiger partial charge in [-0.15, -0.1) is 0 Å². The fourth-order valence-electron chi connectivity index (χ4n) is 2.61. The zero-order valence-corrected chi connectivity index (χ0v) is 10.0. The second-order valence-corrected chi connectivity index (χ2v) is 5.05. The minimum atomic E-state index is 0.461. The van der Waals surface area contributed by atoms with E-state index in [1.54, 1.807) is 0 Å². The number of piperidine rings is 1. The van der Waals surface area contributed by atoms with Crippen LogP contribution in [0.15, 0.2) is 0 Å². The van der Waals surface area contributed by atoms with Crippen molar-refractivity contribution in [2.24, 2.45) is 0 Å². The zero-order valence-electron chi connectivity index (χ0n) is 10.0. The van der Waals surface area contributed by atoms with Crippen LogP contribution in [0.3, 0.4) is 0 Å². The Labute approximate surface area is 93.2 Å². The Kier molecular flexibility index (Phi) is 4.00. The van der Waals surface area contributed by atoms with E-state index in [2.05, 4.69) is 24.2 Å². The van der Waals surface area contributed by atoms with Gasteiger partial charge in [0.05, 0.1) is 12.7 Å². The van der Waals surface area contributed by atoms with Gasteiger partial charge in [0.2, 0.25) is 0 Å². The first kappa shape index (κ1) is 11.4. The fourth-order valence-corrected chi connectivity index (χ4v) is 2.61. The first-order valence-electron chi connectivity index (χ1n) is 6.31. The monoisotopic (exact) mass is 212 g/mol. The Balaban J connectivity index is 1.68. The van der Waals surface area contributed by atoms with Crippen molar-refractivity contribution in [1.29, 1.82) is 0 Å². The van der Waals surface area contributed by atoms with Crippen LogP contribution in [-0.2, 0) is 4.74 Å². The molecule has 2 heterocycles. The fraction of sp³-hybridized carbons (Fsp3) is 1.00. The van der Waals surface area contributed by atoms with Crippen molar-refractivity contribution in [2.45, 2.75) is 50.8 Å². The molecule has 0 aromatic rings. The number of ether oxygens (including phenoxy) is 1. The van der Waals surface area contributed by atoms with E-state index in [9.17, 15) is 0 Å². The molecule has 3 unspecified atom stereocenters. The van der Waals surface area contributed by atoms with Crippen LogP contribution in [0.4, 0.5) is 0 Å². The van der Waals surface area contributed by atoms with E-state index in [0.717, 1.165) is 19.2 Å². The van der Waals surface area contributed by atoms with Gasteiger partial charge in [-0.2, -0.15) is 0 Å². The number of rotatable bonds is 3. The minimum absolute atomic E-state index is 0.461. The SMILES string of the molecule is CC1CCC(COC2CCCNC2)N1C. The second-order valence-electron chi connectivity index (χ2n) is 5.05. The molecule has 15 heavy (non-hydrogen) atoms. The lowest BCUT2D eigenvalue weighted by Gasteiger charge is -2.28. The summed E-state index contributed by atoms with van der Waals surface area (Å²) in [6.45, 7) is 5.45. The first-order valence-corrected chi connectivity index (χ1v) is 6.31. The summed E-state index contributed by atoms with van der Waals surface area (Å²) < 4.78 is 5.98. The largest absolute Gasteiger partial charge is 0.375 e. The van der Waals surface area contributed by atoms with Gasteiger partial charge in [-0.1, -0.05) is 0 Å². The molecule has 0 amide bonds. The number of likely N-dealkylation sites (N-methyl/N-ethyl adjacent to an activating group) is 1. The summed E-state index contributed by atoms with van der Waals surface area (Å²) in [5.74, 6) is 0. The van der Waals surface area contributed by atoms with Crippen molar-refractivity contribution in [3.63, 3.8) is 0 Å². The summed E-state index contributed by atoms with van der Waals surface area (Å²) in [4.78, 5) is 2.47. The topological polar surface area (TPSA) is 24.5 Å². The van der Waals surface area contributed by atoms with Crippen molar-refractivity contribution in [3.05, 3.63) is 0 Å². The van der Waals surface area contributed by atoms with E-state index in [0.29, 0.717) is 12.1 Å². The van der Waals surface area contributed by atoms with E-state index in [1.807, 2.05) is 0 Å². The molecule has 2 aliphatic rings. The Bertz CT molecular complexity index is 192. The molecular formula is C12H24N2O. The molecule has 88 valence electrons. The van der Waals surface area contributed by atoms with Gasteiger partial charge in [0, 0.05) is 18.6 Å². The third kappa shape index (κ3) is 2.92. The summed E-state index contributed by atoms with van der Waals surface area (Å²) in [5, 5.41) is 3.39. The van der Waals surface area contributed by atoms with Crippen LogP contribution in [0, 0.1) is 0 Å². The average molecular weight is 212 g/mol. The third-order valence-electron chi connectivity index (χ3n) is 3.96. The molecule has 0 bridgehead atoms. The van der Waals surface area contributed by atoms with Crippen molar-refractivity contribution >= 4 is 0 Å². The van der Waals surface area contributed by atoms with Gasteiger partial charge < -0.3 is 10.1 Å². The highest BCUT2D eigenvalue weighted by molar-refractivity contribution is 4.83. The van der Waals surface area contributed by atoms with Crippen LogP contribution in [0.1, 0.15) is 32.6 Å². The summed E-state index contributed by atoms with van der Waals surface area (Å²) in [7, 11) is 2.23. The van der Waals surface area contributed by atoms with E-state index in [-0.39, 0.29) is 0 Å². The summed E-state index contributed by atoms with van der Waals surface area (Å²) in [6, 6.07) is 1.39. The number of nitrogens with zero attached hydrogens (tertiary/aromatic N) is 1. The maximum Gasteiger partial charge on any atom is 0.0700 e. The van der Waals surface area contributed by atoms with Crippen molar-refractivity contribution in [3.8, 4) is 0 Å². The van der Waals surface area contributed by atoms with E-state index < -0.39 is 0 Å². The highest BCUT2D eigenvalue weighted by Gasteiger charge is 2.28. The smallest absolute Gasteiger partial charge is 0.0700 e. The molecule has 2 rings (SSSR count). The zero-order chi connectivity index (χ0) is 10.7. The minimum Gasteiger partial charge on any atom is -0.375 e. The Morgan fingerprint density at radius 1 is 1.33 bits per heavy atom. The number of likely N-dealkylation sites (tertiary alicyclic amines) is 1. The van der Waals surface area contributed by atoms with Crippen LogP contribution < -0.4 is 5.32 Å². The molecule has 0 aromatic heterocycles. The van der Waals surface area contributed by atoms with Crippen LogP contribution in [-0.4, -0.2) is 49.8 Å². The highest BCUT2D eigenvalue weighted by atomic mass is 16.5. The van der Waals surface area contributed by atoms with Gasteiger partial charge in [-0.05, 0) is 46.2 Å². The second kappa shape index (κ2) is 5.28. The molecule has 3 atom stereocenters. The molecule has 1 N–H and O–H groups in total. The predicted octanol–water partition coefficient (Wildman–Crippen LogP) is 1.24. The van der Waals surface area contributed by atoms with Crippen molar-refractivity contribution < 1.29 is 4.74 Å². The maximum atomic E-state index is 5.98. The van der Waals surface area contributed by atoms with Gasteiger partial charge in [-0.25, -0.2) is 0 Å². The standard InChI is InChI=1S/C12H24N2O/c1-10-5-6-11(14(10)2)9-15-12-4-3-7-13-8-12/h10-13H,3-9H2,1-2H3. The quantitative estimate of drug-likeness (QED) is 0.762. The lowest BCUT2D eigenvalue weighted by atomic mass is 10.1. The number of nitrogens with one attached hydrogen (secondary N) is 1. The highest BCUT2D eigenvalue weighted by Crippen LogP contribution is 2.22.